The summed E-state index contributed by atoms with van der Waals surface area (Å²) in [6, 6.07) is 14.4. The molecule has 0 N–H and O–H groups in total. The second kappa shape index (κ2) is 12.1. The molecule has 0 unspecified atom stereocenters. The largest absolute Gasteiger partial charge is 0.494 e. The fourth-order valence-corrected chi connectivity index (χ4v) is 3.08. The minimum atomic E-state index is -0.684. The number of esters is 2. The van der Waals surface area contributed by atoms with Gasteiger partial charge < -0.3 is 14.2 Å². The van der Waals surface area contributed by atoms with Gasteiger partial charge in [-0.1, -0.05) is 43.0 Å². The Kier molecular flexibility index (Phi) is 8.72. The van der Waals surface area contributed by atoms with E-state index in [9.17, 15) is 19.2 Å². The van der Waals surface area contributed by atoms with E-state index in [1.54, 1.807) is 24.3 Å². The van der Waals surface area contributed by atoms with Crippen molar-refractivity contribution in [2.45, 2.75) is 12.8 Å². The summed E-state index contributed by atoms with van der Waals surface area (Å²) in [4.78, 5) is 47.4. The third-order valence-corrected chi connectivity index (χ3v) is 5.01. The van der Waals surface area contributed by atoms with Crippen LogP contribution >= 0.6 is 0 Å². The van der Waals surface area contributed by atoms with E-state index in [-0.39, 0.29) is 23.8 Å². The first-order valence-corrected chi connectivity index (χ1v) is 10.9. The van der Waals surface area contributed by atoms with E-state index in [2.05, 4.69) is 11.3 Å². The topological polar surface area (TPSA) is 99.2 Å². The molecule has 35 heavy (non-hydrogen) atoms. The van der Waals surface area contributed by atoms with Gasteiger partial charge in [0.25, 0.3) is 11.8 Å². The molecule has 2 amide bonds. The van der Waals surface area contributed by atoms with E-state index in [4.69, 9.17) is 9.47 Å². The minimum absolute atomic E-state index is 0.0161. The highest BCUT2D eigenvalue weighted by Crippen LogP contribution is 2.18. The zero-order valence-electron chi connectivity index (χ0n) is 19.3. The van der Waals surface area contributed by atoms with Crippen molar-refractivity contribution in [2.75, 3.05) is 20.3 Å². The van der Waals surface area contributed by atoms with E-state index in [1.165, 1.54) is 24.2 Å². The number of ether oxygens (including phenoxy) is 3. The third kappa shape index (κ3) is 7.53. The van der Waals surface area contributed by atoms with Crippen LogP contribution in [0.2, 0.25) is 0 Å². The molecule has 0 saturated carbocycles. The van der Waals surface area contributed by atoms with Gasteiger partial charge >= 0.3 is 11.9 Å². The normalized spacial score (nSPS) is 12.8. The molecule has 0 bridgehead atoms. The molecule has 1 heterocycles. The minimum Gasteiger partial charge on any atom is -0.494 e. The first-order chi connectivity index (χ1) is 16.9. The summed E-state index contributed by atoms with van der Waals surface area (Å²) in [5.74, 6) is -0.783. The maximum atomic E-state index is 12.0. The highest BCUT2D eigenvalue weighted by atomic mass is 16.5. The lowest BCUT2D eigenvalue weighted by Crippen LogP contribution is -2.31. The molecule has 8 nitrogen and oxygen atoms in total. The Labute approximate surface area is 203 Å². The Balaban J connectivity index is 1.43. The second-order valence-corrected chi connectivity index (χ2v) is 7.58. The van der Waals surface area contributed by atoms with Gasteiger partial charge in [-0.3, -0.25) is 19.3 Å². The molecule has 0 spiro atoms. The lowest BCUT2D eigenvalue weighted by atomic mass is 10.1. The zero-order valence-corrected chi connectivity index (χ0v) is 19.3. The van der Waals surface area contributed by atoms with Gasteiger partial charge in [0.15, 0.2) is 0 Å². The summed E-state index contributed by atoms with van der Waals surface area (Å²) < 4.78 is 15.4. The van der Waals surface area contributed by atoms with Crippen LogP contribution in [0.3, 0.4) is 0 Å². The Morgan fingerprint density at radius 2 is 1.43 bits per heavy atom. The standard InChI is InChI=1S/C27H25NO7/c1-19(18-26(31)33-2)27(32)35-23-12-8-21(9-13-23)5-4-20-6-10-22(11-7-20)34-17-3-16-28-24(29)14-15-25(28)30/h4-15H,1,3,16-18H2,2H3/b5-4+. The van der Waals surface area contributed by atoms with Crippen molar-refractivity contribution in [3.63, 3.8) is 0 Å². The number of imide groups is 1. The summed E-state index contributed by atoms with van der Waals surface area (Å²) in [6.07, 6.45) is 6.71. The quantitative estimate of drug-likeness (QED) is 0.122. The van der Waals surface area contributed by atoms with E-state index in [1.807, 2.05) is 36.4 Å². The summed E-state index contributed by atoms with van der Waals surface area (Å²) in [5.41, 5.74) is 1.88. The molecule has 0 saturated heterocycles. The number of rotatable bonds is 11. The van der Waals surface area contributed by atoms with Crippen LogP contribution in [0.1, 0.15) is 24.0 Å². The summed E-state index contributed by atoms with van der Waals surface area (Å²) in [7, 11) is 1.24. The van der Waals surface area contributed by atoms with Gasteiger partial charge in [-0.05, 0) is 41.8 Å². The fraction of sp³-hybridized carbons (Fsp3) is 0.185. The van der Waals surface area contributed by atoms with Crippen LogP contribution in [0, 0.1) is 0 Å². The summed E-state index contributed by atoms with van der Waals surface area (Å²) in [6.45, 7) is 4.26. The molecule has 1 aliphatic heterocycles. The van der Waals surface area contributed by atoms with E-state index in [0.717, 1.165) is 11.1 Å². The Bertz CT molecular complexity index is 1140. The molecule has 0 radical (unpaired) electrons. The van der Waals surface area contributed by atoms with Gasteiger partial charge in [-0.25, -0.2) is 4.79 Å². The van der Waals surface area contributed by atoms with Gasteiger partial charge in [0.1, 0.15) is 11.5 Å². The average molecular weight is 475 g/mol. The lowest BCUT2D eigenvalue weighted by molar-refractivity contribution is -0.141. The summed E-state index contributed by atoms with van der Waals surface area (Å²) >= 11 is 0. The Morgan fingerprint density at radius 1 is 0.886 bits per heavy atom. The van der Waals surface area contributed by atoms with Crippen molar-refractivity contribution in [1.29, 1.82) is 0 Å². The SMILES string of the molecule is C=C(CC(=O)OC)C(=O)Oc1ccc(/C=C/c2ccc(OCCCN3C(=O)C=CC3=O)cc2)cc1. The number of benzene rings is 2. The van der Waals surface area contributed by atoms with Crippen molar-refractivity contribution in [1.82, 2.24) is 4.90 Å². The van der Waals surface area contributed by atoms with Crippen molar-refractivity contribution in [2.24, 2.45) is 0 Å². The van der Waals surface area contributed by atoms with Gasteiger partial charge in [0.2, 0.25) is 0 Å². The van der Waals surface area contributed by atoms with Crippen molar-refractivity contribution in [3.8, 4) is 11.5 Å². The molecule has 0 atom stereocenters. The van der Waals surface area contributed by atoms with Gasteiger partial charge in [0, 0.05) is 24.3 Å². The first-order valence-electron chi connectivity index (χ1n) is 10.9. The van der Waals surface area contributed by atoms with Gasteiger partial charge in [-0.2, -0.15) is 0 Å². The van der Waals surface area contributed by atoms with Crippen molar-refractivity contribution >= 4 is 35.9 Å². The lowest BCUT2D eigenvalue weighted by Gasteiger charge is -2.13. The van der Waals surface area contributed by atoms with E-state index < -0.39 is 11.9 Å². The van der Waals surface area contributed by atoms with Crippen molar-refractivity contribution < 1.29 is 33.4 Å². The predicted molar refractivity (Wildman–Crippen MR) is 129 cm³/mol. The van der Waals surface area contributed by atoms with Crippen molar-refractivity contribution in [3.05, 3.63) is 84.0 Å². The van der Waals surface area contributed by atoms with Crippen LogP contribution < -0.4 is 9.47 Å². The predicted octanol–water partition coefficient (Wildman–Crippen LogP) is 3.58. The fourth-order valence-electron chi connectivity index (χ4n) is 3.08. The number of carbonyl (C=O) groups is 4. The Hall–Kier alpha value is -4.46. The molecule has 0 fully saturated rings. The zero-order chi connectivity index (χ0) is 25.2. The molecular formula is C27H25NO7. The number of carbonyl (C=O) groups excluding carboxylic acids is 4. The number of hydrogen-bond acceptors (Lipinski definition) is 7. The molecule has 1 aliphatic rings. The van der Waals surface area contributed by atoms with Gasteiger partial charge in [-0.15, -0.1) is 0 Å². The second-order valence-electron chi connectivity index (χ2n) is 7.58. The molecule has 2 aromatic rings. The Morgan fingerprint density at radius 3 is 1.97 bits per heavy atom. The number of hydrogen-bond donors (Lipinski definition) is 0. The number of amides is 2. The number of methoxy groups -OCH3 is 1. The van der Waals surface area contributed by atoms with Crippen LogP contribution in [0.15, 0.2) is 72.8 Å². The molecule has 3 rings (SSSR count). The van der Waals surface area contributed by atoms with E-state index in [0.29, 0.717) is 31.1 Å². The molecule has 0 aromatic heterocycles. The molecule has 0 aliphatic carbocycles. The maximum absolute atomic E-state index is 12.0. The van der Waals surface area contributed by atoms with Crippen LogP contribution in [0.25, 0.3) is 12.2 Å². The van der Waals surface area contributed by atoms with Crippen LogP contribution in [0.4, 0.5) is 0 Å². The highest BCUT2D eigenvalue weighted by Gasteiger charge is 2.22. The summed E-state index contributed by atoms with van der Waals surface area (Å²) in [5, 5.41) is 0. The smallest absolute Gasteiger partial charge is 0.339 e. The molecule has 2 aromatic carbocycles. The van der Waals surface area contributed by atoms with Crippen LogP contribution in [-0.2, 0) is 23.9 Å². The number of nitrogens with zero attached hydrogens (tertiary/aromatic N) is 1. The van der Waals surface area contributed by atoms with Crippen LogP contribution in [-0.4, -0.2) is 48.9 Å². The maximum Gasteiger partial charge on any atom is 0.339 e. The molecular weight excluding hydrogens is 450 g/mol. The first kappa shape index (κ1) is 25.2. The van der Waals surface area contributed by atoms with E-state index >= 15 is 0 Å². The van der Waals surface area contributed by atoms with Gasteiger partial charge in [0.05, 0.1) is 20.1 Å². The average Bonchev–Trinajstić information content (AvgIpc) is 3.18. The van der Waals surface area contributed by atoms with Crippen LogP contribution in [0.5, 0.6) is 11.5 Å². The third-order valence-electron chi connectivity index (χ3n) is 5.01. The molecule has 8 heteroatoms. The highest BCUT2D eigenvalue weighted by molar-refractivity contribution is 6.12. The molecule has 180 valence electrons. The monoisotopic (exact) mass is 475 g/mol.